The van der Waals surface area contributed by atoms with Crippen molar-refractivity contribution in [1.29, 1.82) is 0 Å². The summed E-state index contributed by atoms with van der Waals surface area (Å²) in [5.41, 5.74) is 3.00. The fourth-order valence-electron chi connectivity index (χ4n) is 1.97. The molecule has 1 fully saturated rings. The van der Waals surface area contributed by atoms with Crippen molar-refractivity contribution in [2.45, 2.75) is 52.2 Å². The molecule has 1 aliphatic rings. The van der Waals surface area contributed by atoms with E-state index in [1.54, 1.807) is 11.6 Å². The number of nitrogens with zero attached hydrogens (tertiary/aromatic N) is 2. The smallest absolute Gasteiger partial charge is 0.328 e. The van der Waals surface area contributed by atoms with Crippen molar-refractivity contribution in [3.63, 3.8) is 0 Å². The van der Waals surface area contributed by atoms with Crippen LogP contribution >= 0.6 is 0 Å². The van der Waals surface area contributed by atoms with Crippen molar-refractivity contribution in [3.8, 4) is 0 Å². The molecule has 0 amide bonds. The molecular formula is C12H19N3O2. The van der Waals surface area contributed by atoms with Crippen molar-refractivity contribution >= 4 is 5.97 Å². The second-order valence-electron chi connectivity index (χ2n) is 4.76. The Morgan fingerprint density at radius 3 is 2.76 bits per heavy atom. The van der Waals surface area contributed by atoms with Gasteiger partial charge < -0.3 is 10.4 Å². The van der Waals surface area contributed by atoms with Gasteiger partial charge in [-0.15, -0.1) is 0 Å². The zero-order valence-electron chi connectivity index (χ0n) is 10.5. The minimum absolute atomic E-state index is 0.608. The number of hydrogen-bond acceptors (Lipinski definition) is 3. The van der Waals surface area contributed by atoms with Gasteiger partial charge in [0.2, 0.25) is 0 Å². The van der Waals surface area contributed by atoms with E-state index >= 15 is 0 Å². The van der Waals surface area contributed by atoms with E-state index in [4.69, 9.17) is 5.11 Å². The summed E-state index contributed by atoms with van der Waals surface area (Å²) in [5, 5.41) is 16.8. The fraction of sp³-hybridized carbons (Fsp3) is 0.667. The van der Waals surface area contributed by atoms with Crippen LogP contribution in [-0.2, 0) is 11.3 Å². The molecular weight excluding hydrogens is 218 g/mol. The zero-order valence-corrected chi connectivity index (χ0v) is 10.5. The molecule has 0 radical (unpaired) electrons. The summed E-state index contributed by atoms with van der Waals surface area (Å²) in [5.74, 6) is -0.850. The third kappa shape index (κ3) is 2.49. The quantitative estimate of drug-likeness (QED) is 0.812. The number of aryl methyl sites for hydroxylation is 1. The van der Waals surface area contributed by atoms with Gasteiger partial charge in [0.1, 0.15) is 6.04 Å². The highest BCUT2D eigenvalue weighted by Gasteiger charge is 2.23. The molecule has 1 heterocycles. The van der Waals surface area contributed by atoms with E-state index in [1.807, 2.05) is 13.8 Å². The Bertz CT molecular complexity index is 435. The van der Waals surface area contributed by atoms with Crippen molar-refractivity contribution < 1.29 is 9.90 Å². The van der Waals surface area contributed by atoms with Crippen LogP contribution in [0.5, 0.6) is 0 Å². The summed E-state index contributed by atoms with van der Waals surface area (Å²) in [7, 11) is 0. The molecule has 1 saturated carbocycles. The molecule has 94 valence electrons. The van der Waals surface area contributed by atoms with Gasteiger partial charge in [0.25, 0.3) is 0 Å². The lowest BCUT2D eigenvalue weighted by Crippen LogP contribution is -2.19. The van der Waals surface area contributed by atoms with E-state index in [0.717, 1.165) is 23.5 Å². The Morgan fingerprint density at radius 2 is 2.24 bits per heavy atom. The zero-order chi connectivity index (χ0) is 12.6. The molecule has 2 rings (SSSR count). The van der Waals surface area contributed by atoms with Gasteiger partial charge in [0.15, 0.2) is 0 Å². The van der Waals surface area contributed by atoms with E-state index in [0.29, 0.717) is 6.04 Å². The molecule has 1 aliphatic carbocycles. The van der Waals surface area contributed by atoms with Crippen LogP contribution in [-0.4, -0.2) is 26.9 Å². The molecule has 5 heteroatoms. The molecule has 1 aromatic rings. The molecule has 17 heavy (non-hydrogen) atoms. The van der Waals surface area contributed by atoms with Gasteiger partial charge in [-0.2, -0.15) is 5.10 Å². The maximum absolute atomic E-state index is 11.0. The Kier molecular flexibility index (Phi) is 3.19. The fourth-order valence-corrected chi connectivity index (χ4v) is 1.97. The third-order valence-electron chi connectivity index (χ3n) is 3.34. The number of carboxylic acids is 1. The largest absolute Gasteiger partial charge is 0.480 e. The Morgan fingerprint density at radius 1 is 1.59 bits per heavy atom. The van der Waals surface area contributed by atoms with Crippen LogP contribution in [0.2, 0.25) is 0 Å². The SMILES string of the molecule is Cc1nn(C(C)C(=O)O)c(C)c1CNC1CC1. The number of aliphatic carboxylic acids is 1. The molecule has 1 atom stereocenters. The van der Waals surface area contributed by atoms with Crippen LogP contribution in [0.4, 0.5) is 0 Å². The average molecular weight is 237 g/mol. The summed E-state index contributed by atoms with van der Waals surface area (Å²) in [6, 6.07) is 0.0393. The van der Waals surface area contributed by atoms with Gasteiger partial charge in [0.05, 0.1) is 5.69 Å². The van der Waals surface area contributed by atoms with Gasteiger partial charge >= 0.3 is 5.97 Å². The summed E-state index contributed by atoms with van der Waals surface area (Å²) >= 11 is 0. The first-order chi connectivity index (χ1) is 8.00. The third-order valence-corrected chi connectivity index (χ3v) is 3.34. The van der Waals surface area contributed by atoms with Gasteiger partial charge in [-0.05, 0) is 33.6 Å². The van der Waals surface area contributed by atoms with Crippen molar-refractivity contribution in [3.05, 3.63) is 17.0 Å². The maximum atomic E-state index is 11.0. The molecule has 2 N–H and O–H groups in total. The van der Waals surface area contributed by atoms with Crippen molar-refractivity contribution in [2.75, 3.05) is 0 Å². The van der Waals surface area contributed by atoms with E-state index in [9.17, 15) is 4.79 Å². The molecule has 0 spiro atoms. The molecule has 1 unspecified atom stereocenters. The highest BCUT2D eigenvalue weighted by Crippen LogP contribution is 2.22. The Balaban J connectivity index is 2.17. The minimum Gasteiger partial charge on any atom is -0.480 e. The highest BCUT2D eigenvalue weighted by atomic mass is 16.4. The van der Waals surface area contributed by atoms with Crippen molar-refractivity contribution in [1.82, 2.24) is 15.1 Å². The van der Waals surface area contributed by atoms with Crippen LogP contribution in [0.3, 0.4) is 0 Å². The summed E-state index contributed by atoms with van der Waals surface area (Å²) in [6.45, 7) is 6.31. The van der Waals surface area contributed by atoms with Crippen molar-refractivity contribution in [2.24, 2.45) is 0 Å². The summed E-state index contributed by atoms with van der Waals surface area (Å²) < 4.78 is 1.60. The number of carboxylic acid groups (broad SMARTS) is 1. The topological polar surface area (TPSA) is 67.2 Å². The highest BCUT2D eigenvalue weighted by molar-refractivity contribution is 5.71. The Hall–Kier alpha value is -1.36. The van der Waals surface area contributed by atoms with E-state index in [-0.39, 0.29) is 0 Å². The van der Waals surface area contributed by atoms with Gasteiger partial charge in [-0.3, -0.25) is 4.68 Å². The van der Waals surface area contributed by atoms with Crippen LogP contribution in [0, 0.1) is 13.8 Å². The van der Waals surface area contributed by atoms with Gasteiger partial charge in [-0.1, -0.05) is 0 Å². The molecule has 0 aromatic carbocycles. The van der Waals surface area contributed by atoms with Gasteiger partial charge in [0, 0.05) is 23.8 Å². The van der Waals surface area contributed by atoms with Crippen LogP contribution < -0.4 is 5.32 Å². The monoisotopic (exact) mass is 237 g/mol. The standard InChI is InChI=1S/C12H19N3O2/c1-7-11(6-13-10-4-5-10)8(2)15(14-7)9(3)12(16)17/h9-10,13H,4-6H2,1-3H3,(H,16,17). The predicted molar refractivity (Wildman–Crippen MR) is 63.9 cm³/mol. The number of nitrogens with one attached hydrogen (secondary N) is 1. The number of carbonyl (C=O) groups is 1. The van der Waals surface area contributed by atoms with E-state index in [1.165, 1.54) is 12.8 Å². The number of rotatable bonds is 5. The average Bonchev–Trinajstić information content (AvgIpc) is 3.04. The number of hydrogen-bond donors (Lipinski definition) is 2. The maximum Gasteiger partial charge on any atom is 0.328 e. The lowest BCUT2D eigenvalue weighted by atomic mass is 10.2. The van der Waals surface area contributed by atoms with Crippen LogP contribution in [0.15, 0.2) is 0 Å². The number of aromatic nitrogens is 2. The van der Waals surface area contributed by atoms with E-state index < -0.39 is 12.0 Å². The molecule has 5 nitrogen and oxygen atoms in total. The second kappa shape index (κ2) is 4.49. The van der Waals surface area contributed by atoms with E-state index in [2.05, 4.69) is 10.4 Å². The van der Waals surface area contributed by atoms with Crippen LogP contribution in [0.1, 0.15) is 42.8 Å². The molecule has 0 bridgehead atoms. The molecule has 0 aliphatic heterocycles. The second-order valence-corrected chi connectivity index (χ2v) is 4.76. The molecule has 0 saturated heterocycles. The first-order valence-corrected chi connectivity index (χ1v) is 6.01. The summed E-state index contributed by atoms with van der Waals surface area (Å²) in [4.78, 5) is 11.0. The van der Waals surface area contributed by atoms with Gasteiger partial charge in [-0.25, -0.2) is 4.79 Å². The normalized spacial score (nSPS) is 17.1. The van der Waals surface area contributed by atoms with Crippen LogP contribution in [0.25, 0.3) is 0 Å². The molecule has 1 aromatic heterocycles. The minimum atomic E-state index is -0.850. The summed E-state index contributed by atoms with van der Waals surface area (Å²) in [6.07, 6.45) is 2.50. The first-order valence-electron chi connectivity index (χ1n) is 6.01. The first kappa shape index (κ1) is 12.1. The Labute approximate surface area is 101 Å². The lowest BCUT2D eigenvalue weighted by Gasteiger charge is -2.09. The lowest BCUT2D eigenvalue weighted by molar-refractivity contribution is -0.140. The predicted octanol–water partition coefficient (Wildman–Crippen LogP) is 1.40.